The largest absolute Gasteiger partial charge is 0.508 e. The number of primary amides is 1. The number of ketones is 2. The van der Waals surface area contributed by atoms with E-state index in [0.29, 0.717) is 17.1 Å². The fourth-order valence-electron chi connectivity index (χ4n) is 6.31. The summed E-state index contributed by atoms with van der Waals surface area (Å²) in [5.74, 6) is -7.85. The van der Waals surface area contributed by atoms with Crippen molar-refractivity contribution in [2.45, 2.75) is 17.7 Å². The molecule has 2 aromatic rings. The minimum Gasteiger partial charge on any atom is -0.508 e. The number of Topliss-reactive ketones (excluding diaryl/α,β-unsaturated/α-hetero) is 2. The Bertz CT molecular complexity index is 1590. The van der Waals surface area contributed by atoms with E-state index in [9.17, 15) is 39.9 Å². The number of aliphatic hydroxyl groups excluding tert-OH is 3. The van der Waals surface area contributed by atoms with Crippen molar-refractivity contribution in [1.82, 2.24) is 4.90 Å². The van der Waals surface area contributed by atoms with Crippen molar-refractivity contribution < 1.29 is 49.4 Å². The summed E-state index contributed by atoms with van der Waals surface area (Å²) in [6, 6.07) is 6.73. The van der Waals surface area contributed by atoms with Crippen LogP contribution in [-0.4, -0.2) is 86.5 Å². The van der Waals surface area contributed by atoms with Crippen molar-refractivity contribution in [3.63, 3.8) is 0 Å². The van der Waals surface area contributed by atoms with E-state index >= 15 is 0 Å². The number of likely N-dealkylation sites (N-methyl/N-ethyl adjacent to an activating group) is 1. The third-order valence-corrected chi connectivity index (χ3v) is 8.14. The maximum absolute atomic E-state index is 13.9. The van der Waals surface area contributed by atoms with Crippen LogP contribution in [0.5, 0.6) is 17.2 Å². The van der Waals surface area contributed by atoms with Crippen LogP contribution < -0.4 is 15.2 Å². The first-order chi connectivity index (χ1) is 18.9. The monoisotopic (exact) mass is 549 g/mol. The molecule has 0 spiro atoms. The number of hydrogen-bond acceptors (Lipinski definition) is 11. The SMILES string of the molecule is CN(C)[C@H]1C(=O)C(C(N)=O)=C(O)[C@]2(O)C(=O)C3=C(O)c4c(ccc(-c5ccc6c(c5)OCO6)c4O)[CH][C@@H]3[C@@H](O)[C@H]12. The van der Waals surface area contributed by atoms with E-state index in [4.69, 9.17) is 15.2 Å². The number of carbonyl (C=O) groups is 3. The van der Waals surface area contributed by atoms with Gasteiger partial charge in [-0.25, -0.2) is 0 Å². The zero-order valence-electron chi connectivity index (χ0n) is 21.3. The van der Waals surface area contributed by atoms with Gasteiger partial charge < -0.3 is 40.7 Å². The van der Waals surface area contributed by atoms with Gasteiger partial charge in [0.2, 0.25) is 12.6 Å². The molecule has 1 fully saturated rings. The molecule has 1 radical (unpaired) electrons. The molecule has 1 aliphatic heterocycles. The minimum atomic E-state index is -2.97. The van der Waals surface area contributed by atoms with Gasteiger partial charge in [-0.05, 0) is 37.4 Å². The van der Waals surface area contributed by atoms with Crippen LogP contribution in [0.25, 0.3) is 16.9 Å². The Hall–Kier alpha value is -4.39. The molecule has 1 saturated carbocycles. The van der Waals surface area contributed by atoms with Crippen LogP contribution in [0.4, 0.5) is 0 Å². The Morgan fingerprint density at radius 2 is 1.77 bits per heavy atom. The molecule has 6 rings (SSSR count). The van der Waals surface area contributed by atoms with Crippen molar-refractivity contribution in [3.05, 3.63) is 64.8 Å². The van der Waals surface area contributed by atoms with E-state index in [1.54, 1.807) is 30.3 Å². The molecule has 40 heavy (non-hydrogen) atoms. The van der Waals surface area contributed by atoms with Gasteiger partial charge in [0.05, 0.1) is 23.6 Å². The Morgan fingerprint density at radius 1 is 1.07 bits per heavy atom. The van der Waals surface area contributed by atoms with Crippen LogP contribution in [0.15, 0.2) is 47.2 Å². The number of amides is 1. The second kappa shape index (κ2) is 8.55. The normalized spacial score (nSPS) is 28.9. The summed E-state index contributed by atoms with van der Waals surface area (Å²) in [6.45, 7) is 0.0472. The molecule has 5 atom stereocenters. The zero-order valence-corrected chi connectivity index (χ0v) is 21.3. The number of nitrogens with two attached hydrogens (primary N) is 1. The molecule has 2 aromatic carbocycles. The van der Waals surface area contributed by atoms with Crippen molar-refractivity contribution in [2.75, 3.05) is 20.9 Å². The number of phenolic OH excluding ortho intramolecular Hbond substituents is 1. The molecular formula is C28H25N2O10. The lowest BCUT2D eigenvalue weighted by atomic mass is 9.56. The Morgan fingerprint density at radius 3 is 2.45 bits per heavy atom. The van der Waals surface area contributed by atoms with Crippen molar-refractivity contribution in [3.8, 4) is 28.4 Å². The molecular weight excluding hydrogens is 524 g/mol. The first-order valence-electron chi connectivity index (χ1n) is 12.3. The third kappa shape index (κ3) is 3.20. The number of phenols is 1. The molecule has 0 aromatic heterocycles. The number of fused-ring (bicyclic) bond motifs is 4. The number of benzene rings is 2. The quantitative estimate of drug-likeness (QED) is 0.288. The van der Waals surface area contributed by atoms with Gasteiger partial charge in [0.15, 0.2) is 22.9 Å². The Balaban J connectivity index is 1.54. The van der Waals surface area contributed by atoms with Crippen molar-refractivity contribution >= 4 is 23.2 Å². The van der Waals surface area contributed by atoms with E-state index in [1.165, 1.54) is 25.4 Å². The number of aliphatic hydroxyl groups is 4. The standard InChI is InChI=1S/C28H25N2O10/c1-30(2)20-19-22(32)13-7-11-3-5-12(10-4-6-14-15(8-10)40-9-39-14)21(31)16(11)23(33)17(13)25(35)28(19,38)26(36)18(24(20)34)27(29)37/h3-8,13,19-20,22,31-33,36,38H,9H2,1-2H3,(H2,29,37)/t13-,19-,20+,22+,28+/m0/s1. The molecule has 0 bridgehead atoms. The summed E-state index contributed by atoms with van der Waals surface area (Å²) in [6.07, 6.45) is -0.242. The molecule has 0 saturated heterocycles. The van der Waals surface area contributed by atoms with Crippen LogP contribution in [0.2, 0.25) is 0 Å². The van der Waals surface area contributed by atoms with Crippen LogP contribution >= 0.6 is 0 Å². The lowest BCUT2D eigenvalue weighted by molar-refractivity contribution is -0.167. The molecule has 207 valence electrons. The van der Waals surface area contributed by atoms with E-state index < -0.39 is 75.5 Å². The van der Waals surface area contributed by atoms with E-state index in [0.717, 1.165) is 0 Å². The predicted octanol–water partition coefficient (Wildman–Crippen LogP) is 0.340. The summed E-state index contributed by atoms with van der Waals surface area (Å²) in [5.41, 5.74) is 1.83. The molecule has 1 amide bonds. The minimum absolute atomic E-state index is 0.0472. The molecule has 3 aliphatic carbocycles. The Kier molecular flexibility index (Phi) is 5.53. The fourth-order valence-corrected chi connectivity index (χ4v) is 6.31. The molecule has 4 aliphatic rings. The summed E-state index contributed by atoms with van der Waals surface area (Å²) in [4.78, 5) is 40.5. The average Bonchev–Trinajstić information content (AvgIpc) is 3.36. The van der Waals surface area contributed by atoms with E-state index in [-0.39, 0.29) is 23.5 Å². The van der Waals surface area contributed by atoms with Crippen LogP contribution in [0.3, 0.4) is 0 Å². The molecule has 0 unspecified atom stereocenters. The summed E-state index contributed by atoms with van der Waals surface area (Å²) < 4.78 is 10.7. The van der Waals surface area contributed by atoms with Crippen LogP contribution in [0, 0.1) is 18.3 Å². The van der Waals surface area contributed by atoms with Crippen LogP contribution in [0.1, 0.15) is 11.1 Å². The van der Waals surface area contributed by atoms with Gasteiger partial charge >= 0.3 is 0 Å². The summed E-state index contributed by atoms with van der Waals surface area (Å²) in [5, 5.41) is 56.8. The maximum atomic E-state index is 13.9. The van der Waals surface area contributed by atoms with Gasteiger partial charge in [-0.2, -0.15) is 0 Å². The zero-order chi connectivity index (χ0) is 28.8. The number of carbonyl (C=O) groups excluding carboxylic acids is 3. The smallest absolute Gasteiger partial charge is 0.255 e. The maximum Gasteiger partial charge on any atom is 0.255 e. The number of aromatic hydroxyl groups is 1. The molecule has 7 N–H and O–H groups in total. The van der Waals surface area contributed by atoms with Gasteiger partial charge in [-0.15, -0.1) is 0 Å². The van der Waals surface area contributed by atoms with Crippen LogP contribution in [-0.2, 0) is 14.4 Å². The predicted molar refractivity (Wildman–Crippen MR) is 137 cm³/mol. The van der Waals surface area contributed by atoms with Gasteiger partial charge in [0.1, 0.15) is 22.8 Å². The van der Waals surface area contributed by atoms with Crippen molar-refractivity contribution in [2.24, 2.45) is 17.6 Å². The highest BCUT2D eigenvalue weighted by Gasteiger charge is 2.67. The topological polar surface area (TPSA) is 200 Å². The lowest BCUT2D eigenvalue weighted by Gasteiger charge is -2.52. The molecule has 1 heterocycles. The first kappa shape index (κ1) is 25.9. The number of hydrogen-bond donors (Lipinski definition) is 6. The number of rotatable bonds is 3. The Labute approximate surface area is 227 Å². The molecule has 12 heteroatoms. The number of nitrogens with zero attached hydrogens (tertiary/aromatic N) is 1. The van der Waals surface area contributed by atoms with Crippen molar-refractivity contribution in [1.29, 1.82) is 0 Å². The highest BCUT2D eigenvalue weighted by Crippen LogP contribution is 2.54. The fraction of sp³-hybridized carbons (Fsp3) is 0.286. The van der Waals surface area contributed by atoms with E-state index in [1.807, 2.05) is 0 Å². The van der Waals surface area contributed by atoms with Gasteiger partial charge in [-0.3, -0.25) is 19.3 Å². The van der Waals surface area contributed by atoms with E-state index in [2.05, 4.69) is 0 Å². The second-order valence-electron chi connectivity index (χ2n) is 10.4. The second-order valence-corrected chi connectivity index (χ2v) is 10.4. The van der Waals surface area contributed by atoms with Gasteiger partial charge in [-0.1, -0.05) is 18.2 Å². The lowest BCUT2D eigenvalue weighted by Crippen LogP contribution is -2.70. The molecule has 12 nitrogen and oxygen atoms in total. The summed E-state index contributed by atoms with van der Waals surface area (Å²) in [7, 11) is 2.89. The van der Waals surface area contributed by atoms with Gasteiger partial charge in [0, 0.05) is 23.5 Å². The van der Waals surface area contributed by atoms with Gasteiger partial charge in [0.25, 0.3) is 5.91 Å². The first-order valence-corrected chi connectivity index (χ1v) is 12.3. The highest BCUT2D eigenvalue weighted by molar-refractivity contribution is 6.24. The third-order valence-electron chi connectivity index (χ3n) is 8.14. The highest BCUT2D eigenvalue weighted by atomic mass is 16.7. The average molecular weight is 550 g/mol. The summed E-state index contributed by atoms with van der Waals surface area (Å²) >= 11 is 0. The number of ether oxygens (including phenoxy) is 2.